The standard InChI is InChI=1S/C8H11FO2/c1-4-6(8(10)11)7(9)5(2)3/h4H,1-3H3,(H,10,11). The van der Waals surface area contributed by atoms with E-state index in [1.165, 1.54) is 26.8 Å². The molecule has 0 unspecified atom stereocenters. The van der Waals surface area contributed by atoms with E-state index in [1.807, 2.05) is 0 Å². The molecule has 0 aromatic carbocycles. The highest BCUT2D eigenvalue weighted by Gasteiger charge is 2.12. The molecule has 0 radical (unpaired) electrons. The number of hydrogen-bond acceptors (Lipinski definition) is 1. The summed E-state index contributed by atoms with van der Waals surface area (Å²) in [6.45, 7) is 4.55. The fourth-order valence-electron chi connectivity index (χ4n) is 0.613. The van der Waals surface area contributed by atoms with Crippen LogP contribution in [-0.4, -0.2) is 11.1 Å². The highest BCUT2D eigenvalue weighted by molar-refractivity contribution is 5.91. The Hall–Kier alpha value is -1.12. The Bertz CT molecular complexity index is 222. The van der Waals surface area contributed by atoms with Crippen LogP contribution >= 0.6 is 0 Å². The van der Waals surface area contributed by atoms with E-state index >= 15 is 0 Å². The zero-order valence-electron chi connectivity index (χ0n) is 6.81. The summed E-state index contributed by atoms with van der Waals surface area (Å²) in [6, 6.07) is 0. The smallest absolute Gasteiger partial charge is 0.338 e. The molecule has 0 saturated carbocycles. The molecule has 62 valence electrons. The van der Waals surface area contributed by atoms with Gasteiger partial charge in [0.1, 0.15) is 5.83 Å². The van der Waals surface area contributed by atoms with Gasteiger partial charge in [0.15, 0.2) is 0 Å². The summed E-state index contributed by atoms with van der Waals surface area (Å²) in [4.78, 5) is 10.3. The molecule has 0 atom stereocenters. The molecule has 0 saturated heterocycles. The summed E-state index contributed by atoms with van der Waals surface area (Å²) in [6.07, 6.45) is 1.24. The number of allylic oxidation sites excluding steroid dienone is 2. The largest absolute Gasteiger partial charge is 0.478 e. The van der Waals surface area contributed by atoms with Gasteiger partial charge in [-0.05, 0) is 26.3 Å². The number of carbonyl (C=O) groups is 1. The number of carboxylic acids is 1. The third-order valence-electron chi connectivity index (χ3n) is 1.19. The molecule has 0 aliphatic rings. The van der Waals surface area contributed by atoms with E-state index < -0.39 is 11.8 Å². The first-order valence-corrected chi connectivity index (χ1v) is 3.23. The molecule has 0 rings (SSSR count). The maximum absolute atomic E-state index is 12.9. The van der Waals surface area contributed by atoms with E-state index in [4.69, 9.17) is 5.11 Å². The fourth-order valence-corrected chi connectivity index (χ4v) is 0.613. The first kappa shape index (κ1) is 9.88. The molecule has 11 heavy (non-hydrogen) atoms. The first-order valence-electron chi connectivity index (χ1n) is 3.23. The van der Waals surface area contributed by atoms with Crippen molar-refractivity contribution in [3.8, 4) is 0 Å². The molecule has 0 amide bonds. The second kappa shape index (κ2) is 3.91. The van der Waals surface area contributed by atoms with Crippen LogP contribution in [0.5, 0.6) is 0 Å². The van der Waals surface area contributed by atoms with Crippen molar-refractivity contribution in [2.45, 2.75) is 20.8 Å². The molecule has 0 fully saturated rings. The molecule has 0 aromatic heterocycles. The predicted molar refractivity (Wildman–Crippen MR) is 40.9 cm³/mol. The number of carboxylic acid groups (broad SMARTS) is 1. The van der Waals surface area contributed by atoms with Crippen molar-refractivity contribution in [2.75, 3.05) is 0 Å². The third-order valence-corrected chi connectivity index (χ3v) is 1.19. The summed E-state index contributed by atoms with van der Waals surface area (Å²) >= 11 is 0. The van der Waals surface area contributed by atoms with E-state index in [0.717, 1.165) is 0 Å². The van der Waals surface area contributed by atoms with E-state index in [1.54, 1.807) is 0 Å². The Kier molecular flexibility index (Phi) is 3.51. The third kappa shape index (κ3) is 2.53. The van der Waals surface area contributed by atoms with Crippen LogP contribution < -0.4 is 0 Å². The van der Waals surface area contributed by atoms with Gasteiger partial charge in [-0.3, -0.25) is 0 Å². The van der Waals surface area contributed by atoms with Crippen LogP contribution in [-0.2, 0) is 4.79 Å². The van der Waals surface area contributed by atoms with E-state index in [9.17, 15) is 9.18 Å². The van der Waals surface area contributed by atoms with Crippen molar-refractivity contribution in [3.05, 3.63) is 23.0 Å². The predicted octanol–water partition coefficient (Wildman–Crippen LogP) is 2.28. The van der Waals surface area contributed by atoms with Gasteiger partial charge in [-0.25, -0.2) is 9.18 Å². The van der Waals surface area contributed by atoms with E-state index in [2.05, 4.69) is 0 Å². The van der Waals surface area contributed by atoms with Crippen LogP contribution in [0.15, 0.2) is 23.0 Å². The molecule has 2 nitrogen and oxygen atoms in total. The number of hydrogen-bond donors (Lipinski definition) is 1. The molecule has 0 spiro atoms. The van der Waals surface area contributed by atoms with Gasteiger partial charge in [-0.15, -0.1) is 0 Å². The van der Waals surface area contributed by atoms with Gasteiger partial charge in [0.05, 0.1) is 5.57 Å². The molecule has 0 aromatic rings. The van der Waals surface area contributed by atoms with Crippen molar-refractivity contribution in [3.63, 3.8) is 0 Å². The van der Waals surface area contributed by atoms with Crippen molar-refractivity contribution in [1.82, 2.24) is 0 Å². The van der Waals surface area contributed by atoms with Gasteiger partial charge in [-0.2, -0.15) is 0 Å². The van der Waals surface area contributed by atoms with Crippen LogP contribution in [0.3, 0.4) is 0 Å². The lowest BCUT2D eigenvalue weighted by atomic mass is 10.1. The lowest BCUT2D eigenvalue weighted by Gasteiger charge is -1.98. The average Bonchev–Trinajstić information content (AvgIpc) is 1.88. The zero-order valence-corrected chi connectivity index (χ0v) is 6.81. The van der Waals surface area contributed by atoms with Crippen LogP contribution in [0.2, 0.25) is 0 Å². The van der Waals surface area contributed by atoms with Crippen LogP contribution in [0.25, 0.3) is 0 Å². The minimum Gasteiger partial charge on any atom is -0.478 e. The second-order valence-electron chi connectivity index (χ2n) is 2.32. The van der Waals surface area contributed by atoms with E-state index in [-0.39, 0.29) is 5.57 Å². The van der Waals surface area contributed by atoms with Crippen molar-refractivity contribution in [1.29, 1.82) is 0 Å². The number of aliphatic carboxylic acids is 1. The summed E-state index contributed by atoms with van der Waals surface area (Å²) in [7, 11) is 0. The molecule has 0 heterocycles. The highest BCUT2D eigenvalue weighted by atomic mass is 19.1. The van der Waals surface area contributed by atoms with Crippen molar-refractivity contribution < 1.29 is 14.3 Å². The number of halogens is 1. The van der Waals surface area contributed by atoms with Gasteiger partial charge in [0.2, 0.25) is 0 Å². The monoisotopic (exact) mass is 158 g/mol. The second-order valence-corrected chi connectivity index (χ2v) is 2.32. The number of rotatable bonds is 2. The molecule has 0 aliphatic carbocycles. The van der Waals surface area contributed by atoms with E-state index in [0.29, 0.717) is 5.57 Å². The van der Waals surface area contributed by atoms with Gasteiger partial charge < -0.3 is 5.11 Å². The molecule has 0 aliphatic heterocycles. The van der Waals surface area contributed by atoms with Crippen LogP contribution in [0.1, 0.15) is 20.8 Å². The lowest BCUT2D eigenvalue weighted by molar-refractivity contribution is -0.132. The molecule has 3 heteroatoms. The van der Waals surface area contributed by atoms with Gasteiger partial charge in [-0.1, -0.05) is 6.08 Å². The molecule has 0 bridgehead atoms. The minimum atomic E-state index is -1.23. The quantitative estimate of drug-likeness (QED) is 0.494. The van der Waals surface area contributed by atoms with Gasteiger partial charge >= 0.3 is 5.97 Å². The topological polar surface area (TPSA) is 37.3 Å². The minimum absolute atomic E-state index is 0.273. The van der Waals surface area contributed by atoms with Crippen molar-refractivity contribution >= 4 is 5.97 Å². The summed E-state index contributed by atoms with van der Waals surface area (Å²) in [5.74, 6) is -1.88. The maximum Gasteiger partial charge on any atom is 0.338 e. The van der Waals surface area contributed by atoms with Gasteiger partial charge in [0.25, 0.3) is 0 Å². The highest BCUT2D eigenvalue weighted by Crippen LogP contribution is 2.15. The summed E-state index contributed by atoms with van der Waals surface area (Å²) in [5, 5.41) is 8.45. The molecule has 1 N–H and O–H groups in total. The molecular formula is C8H11FO2. The van der Waals surface area contributed by atoms with Crippen LogP contribution in [0, 0.1) is 0 Å². The van der Waals surface area contributed by atoms with Gasteiger partial charge in [0, 0.05) is 0 Å². The SMILES string of the molecule is CC=C(C(=O)O)C(F)=C(C)C. The Morgan fingerprint density at radius 1 is 1.45 bits per heavy atom. The zero-order chi connectivity index (χ0) is 9.02. The summed E-state index contributed by atoms with van der Waals surface area (Å²) in [5.41, 5.74) is 0.102. The Morgan fingerprint density at radius 2 is 1.91 bits per heavy atom. The average molecular weight is 158 g/mol. The normalized spacial score (nSPS) is 11.1. The Balaban J connectivity index is 4.85. The van der Waals surface area contributed by atoms with Crippen LogP contribution in [0.4, 0.5) is 4.39 Å². The Labute approximate surface area is 65.0 Å². The summed E-state index contributed by atoms with van der Waals surface area (Å²) < 4.78 is 12.9. The lowest BCUT2D eigenvalue weighted by Crippen LogP contribution is -2.01. The fraction of sp³-hybridized carbons (Fsp3) is 0.375. The first-order chi connectivity index (χ1) is 5.00. The Morgan fingerprint density at radius 3 is 2.00 bits per heavy atom. The van der Waals surface area contributed by atoms with Crippen molar-refractivity contribution in [2.24, 2.45) is 0 Å². The maximum atomic E-state index is 12.9. The molecular weight excluding hydrogens is 147 g/mol.